The summed E-state index contributed by atoms with van der Waals surface area (Å²) in [7, 11) is 0. The Morgan fingerprint density at radius 1 is 1.31 bits per heavy atom. The molecular formula is C20H23BrN4O. The van der Waals surface area contributed by atoms with E-state index in [4.69, 9.17) is 0 Å². The van der Waals surface area contributed by atoms with Crippen molar-refractivity contribution in [3.05, 3.63) is 22.4 Å². The van der Waals surface area contributed by atoms with Crippen LogP contribution in [0.25, 0.3) is 0 Å². The molecule has 26 heavy (non-hydrogen) atoms. The van der Waals surface area contributed by atoms with Crippen molar-refractivity contribution in [2.45, 2.75) is 69.0 Å². The van der Waals surface area contributed by atoms with Crippen LogP contribution in [0.3, 0.4) is 0 Å². The third kappa shape index (κ3) is 2.05. The maximum absolute atomic E-state index is 13.2. The molecular weight excluding hydrogens is 392 g/mol. The number of halogens is 1. The van der Waals surface area contributed by atoms with Gasteiger partial charge in [0.25, 0.3) is 0 Å². The minimum Gasteiger partial charge on any atom is -0.306 e. The second kappa shape index (κ2) is 5.30. The van der Waals surface area contributed by atoms with Crippen LogP contribution in [0.2, 0.25) is 0 Å². The van der Waals surface area contributed by atoms with Crippen molar-refractivity contribution >= 4 is 27.5 Å². The number of rotatable bonds is 2. The molecule has 1 aromatic rings. The Balaban J connectivity index is 1.44. The summed E-state index contributed by atoms with van der Waals surface area (Å²) in [6.45, 7) is 4.96. The third-order valence-corrected chi connectivity index (χ3v) is 7.55. The molecule has 0 spiro atoms. The van der Waals surface area contributed by atoms with E-state index in [1.807, 2.05) is 24.8 Å². The topological polar surface area (TPSA) is 60.2 Å². The molecule has 4 aliphatic rings. The van der Waals surface area contributed by atoms with E-state index in [9.17, 15) is 10.1 Å². The van der Waals surface area contributed by atoms with Crippen LogP contribution in [-0.4, -0.2) is 40.0 Å². The number of anilines is 1. The molecule has 1 saturated heterocycles. The minimum atomic E-state index is -0.604. The monoisotopic (exact) mass is 414 g/mol. The van der Waals surface area contributed by atoms with E-state index in [1.54, 1.807) is 6.20 Å². The number of carbonyl (C=O) groups is 1. The number of pyridine rings is 1. The molecule has 3 fully saturated rings. The van der Waals surface area contributed by atoms with Crippen LogP contribution >= 0.6 is 15.9 Å². The van der Waals surface area contributed by atoms with Crippen LogP contribution in [0.15, 0.2) is 16.7 Å². The molecule has 0 N–H and O–H groups in total. The van der Waals surface area contributed by atoms with Crippen molar-refractivity contribution in [3.63, 3.8) is 0 Å². The lowest BCUT2D eigenvalue weighted by Crippen LogP contribution is -2.65. The number of fused-ring (bicyclic) bond motifs is 3. The average Bonchev–Trinajstić information content (AvgIpc) is 3.24. The van der Waals surface area contributed by atoms with E-state index in [2.05, 4.69) is 31.9 Å². The van der Waals surface area contributed by atoms with Crippen molar-refractivity contribution in [1.82, 2.24) is 9.88 Å². The fourth-order valence-corrected chi connectivity index (χ4v) is 6.03. The largest absolute Gasteiger partial charge is 0.306 e. The van der Waals surface area contributed by atoms with Crippen LogP contribution in [0.1, 0.15) is 51.6 Å². The maximum atomic E-state index is 13.2. The molecule has 1 amide bonds. The van der Waals surface area contributed by atoms with Gasteiger partial charge in [-0.1, -0.05) is 0 Å². The second-order valence-corrected chi connectivity index (χ2v) is 9.93. The summed E-state index contributed by atoms with van der Waals surface area (Å²) >= 11 is 3.49. The Bertz CT molecular complexity index is 839. The number of amides is 1. The van der Waals surface area contributed by atoms with Gasteiger partial charge in [-0.25, -0.2) is 0 Å². The summed E-state index contributed by atoms with van der Waals surface area (Å²) in [5.41, 5.74) is 0.777. The van der Waals surface area contributed by atoms with Crippen molar-refractivity contribution < 1.29 is 4.79 Å². The number of hydrogen-bond donors (Lipinski definition) is 0. The van der Waals surface area contributed by atoms with Gasteiger partial charge in [0.15, 0.2) is 0 Å². The summed E-state index contributed by atoms with van der Waals surface area (Å²) in [6.07, 6.45) is 7.06. The van der Waals surface area contributed by atoms with E-state index in [-0.39, 0.29) is 17.5 Å². The van der Waals surface area contributed by atoms with E-state index >= 15 is 0 Å². The fourth-order valence-electron chi connectivity index (χ4n) is 5.71. The highest BCUT2D eigenvalue weighted by Crippen LogP contribution is 2.52. The van der Waals surface area contributed by atoms with Gasteiger partial charge in [0, 0.05) is 42.1 Å². The number of aromatic nitrogens is 1. The smallest absolute Gasteiger partial charge is 0.239 e. The number of piperidine rings is 1. The van der Waals surface area contributed by atoms with Crippen molar-refractivity contribution in [2.24, 2.45) is 5.92 Å². The van der Waals surface area contributed by atoms with Crippen molar-refractivity contribution in [1.29, 1.82) is 5.26 Å². The Morgan fingerprint density at radius 3 is 2.69 bits per heavy atom. The van der Waals surface area contributed by atoms with Crippen LogP contribution < -0.4 is 4.90 Å². The van der Waals surface area contributed by atoms with Gasteiger partial charge < -0.3 is 4.90 Å². The molecule has 0 radical (unpaired) electrons. The summed E-state index contributed by atoms with van der Waals surface area (Å²) in [5.74, 6) is 0.884. The van der Waals surface area contributed by atoms with Gasteiger partial charge in [-0.05, 0) is 61.0 Å². The minimum absolute atomic E-state index is 0.0953. The standard InChI is InChI=1S/C20H23BrN4O/c1-19(2)17-16(6-13(21)9-23-17)25(18(19)26)15-7-20(8-15,11-22)24-10-12-3-4-14(24)5-12/h6,9,12,14-15H,3-5,7-8,10H2,1-2H3/t12-,14+,15-,20+/m0/s1. The predicted octanol–water partition coefficient (Wildman–Crippen LogP) is 3.38. The van der Waals surface area contributed by atoms with Gasteiger partial charge in [-0.15, -0.1) is 0 Å². The van der Waals surface area contributed by atoms with Gasteiger partial charge in [0.05, 0.1) is 22.9 Å². The molecule has 5 nitrogen and oxygen atoms in total. The first-order valence-electron chi connectivity index (χ1n) is 9.53. The zero-order chi connectivity index (χ0) is 18.3. The first kappa shape index (κ1) is 16.7. The summed E-state index contributed by atoms with van der Waals surface area (Å²) in [5, 5.41) is 9.98. The molecule has 2 bridgehead atoms. The molecule has 2 saturated carbocycles. The first-order valence-corrected chi connectivity index (χ1v) is 10.3. The highest BCUT2D eigenvalue weighted by molar-refractivity contribution is 9.10. The van der Waals surface area contributed by atoms with E-state index in [0.717, 1.165) is 41.2 Å². The number of likely N-dealkylation sites (tertiary alicyclic amines) is 1. The van der Waals surface area contributed by atoms with Crippen LogP contribution in [0.5, 0.6) is 0 Å². The third-order valence-electron chi connectivity index (χ3n) is 7.12. The van der Waals surface area contributed by atoms with Crippen molar-refractivity contribution in [2.75, 3.05) is 11.4 Å². The lowest BCUT2D eigenvalue weighted by Gasteiger charge is -2.53. The Morgan fingerprint density at radius 2 is 2.08 bits per heavy atom. The Labute approximate surface area is 162 Å². The zero-order valence-corrected chi connectivity index (χ0v) is 16.8. The molecule has 2 atom stereocenters. The molecule has 1 aromatic heterocycles. The molecule has 5 rings (SSSR count). The Hall–Kier alpha value is -1.45. The van der Waals surface area contributed by atoms with Gasteiger partial charge in [-0.2, -0.15) is 5.26 Å². The molecule has 0 unspecified atom stereocenters. The van der Waals surface area contributed by atoms with Crippen molar-refractivity contribution in [3.8, 4) is 6.07 Å². The molecule has 136 valence electrons. The van der Waals surface area contributed by atoms with E-state index in [0.29, 0.717) is 6.04 Å². The Kier molecular flexibility index (Phi) is 3.40. The van der Waals surface area contributed by atoms with Gasteiger partial charge in [0.1, 0.15) is 5.54 Å². The lowest BCUT2D eigenvalue weighted by molar-refractivity contribution is -0.123. The second-order valence-electron chi connectivity index (χ2n) is 9.01. The van der Waals surface area contributed by atoms with E-state index < -0.39 is 5.41 Å². The van der Waals surface area contributed by atoms with Crippen LogP contribution in [0.4, 0.5) is 5.69 Å². The summed E-state index contributed by atoms with van der Waals surface area (Å²) in [6, 6.07) is 5.30. The average molecular weight is 415 g/mol. The van der Waals surface area contributed by atoms with Crippen LogP contribution in [-0.2, 0) is 10.2 Å². The van der Waals surface area contributed by atoms with Gasteiger partial charge in [0.2, 0.25) is 5.91 Å². The van der Waals surface area contributed by atoms with Gasteiger partial charge in [-0.3, -0.25) is 14.7 Å². The van der Waals surface area contributed by atoms with E-state index in [1.165, 1.54) is 19.3 Å². The predicted molar refractivity (Wildman–Crippen MR) is 102 cm³/mol. The first-order chi connectivity index (χ1) is 12.4. The molecule has 6 heteroatoms. The number of nitrogens with zero attached hydrogens (tertiary/aromatic N) is 4. The highest BCUT2D eigenvalue weighted by Gasteiger charge is 2.59. The normalized spacial score (nSPS) is 37.5. The van der Waals surface area contributed by atoms with Crippen LogP contribution in [0, 0.1) is 17.2 Å². The zero-order valence-electron chi connectivity index (χ0n) is 15.2. The SMILES string of the molecule is CC1(C)C(=O)N([C@H]2C[C@@](C#N)(N3C[C@H]4CC[C@@H]3C4)C2)c2cc(Br)cnc21. The maximum Gasteiger partial charge on any atom is 0.239 e. The molecule has 3 heterocycles. The lowest BCUT2D eigenvalue weighted by atomic mass is 9.70. The molecule has 2 aliphatic heterocycles. The quantitative estimate of drug-likeness (QED) is 0.743. The number of nitriles is 1. The number of hydrogen-bond acceptors (Lipinski definition) is 4. The van der Waals surface area contributed by atoms with Gasteiger partial charge >= 0.3 is 0 Å². The number of carbonyl (C=O) groups excluding carboxylic acids is 1. The fraction of sp³-hybridized carbons (Fsp3) is 0.650. The molecule has 0 aromatic carbocycles. The highest BCUT2D eigenvalue weighted by atomic mass is 79.9. The summed E-state index contributed by atoms with van der Waals surface area (Å²) < 4.78 is 0.884. The summed E-state index contributed by atoms with van der Waals surface area (Å²) in [4.78, 5) is 22.1. The molecule has 2 aliphatic carbocycles.